The van der Waals surface area contributed by atoms with Gasteiger partial charge in [-0.25, -0.2) is 16.8 Å². The van der Waals surface area contributed by atoms with Crippen molar-refractivity contribution in [1.82, 2.24) is 14.1 Å². The quantitative estimate of drug-likeness (QED) is 0.846. The highest BCUT2D eigenvalue weighted by atomic mass is 32.2. The Bertz CT molecular complexity index is 945. The van der Waals surface area contributed by atoms with Gasteiger partial charge in [0.2, 0.25) is 10.0 Å². The molecule has 0 saturated carbocycles. The maximum absolute atomic E-state index is 12.8. The van der Waals surface area contributed by atoms with Gasteiger partial charge in [0.25, 0.3) is 10.0 Å². The SMILES string of the molecule is Cn1ccc(NS(=O)(=O)c2ccccc2S(=O)(=O)N2CCCC2)n1. The van der Waals surface area contributed by atoms with E-state index in [4.69, 9.17) is 0 Å². The molecule has 1 aromatic carbocycles. The molecule has 1 aromatic heterocycles. The molecule has 1 aliphatic heterocycles. The normalized spacial score (nSPS) is 16.4. The molecular weight excluding hydrogens is 352 g/mol. The molecule has 1 saturated heterocycles. The fourth-order valence-electron chi connectivity index (χ4n) is 2.61. The standard InChI is InChI=1S/C14H18N4O4S2/c1-17-11-8-14(15-17)16-23(19,20)12-6-2-3-7-13(12)24(21,22)18-9-4-5-10-18/h2-3,6-8,11H,4-5,9-10H2,1H3,(H,15,16). The highest BCUT2D eigenvalue weighted by molar-refractivity contribution is 7.94. The molecule has 24 heavy (non-hydrogen) atoms. The van der Waals surface area contributed by atoms with Crippen LogP contribution in [0.1, 0.15) is 12.8 Å². The Morgan fingerprint density at radius 3 is 2.21 bits per heavy atom. The molecule has 1 aliphatic rings. The van der Waals surface area contributed by atoms with Crippen LogP contribution in [-0.2, 0) is 27.1 Å². The lowest BCUT2D eigenvalue weighted by atomic mass is 10.4. The number of benzene rings is 1. The molecule has 0 bridgehead atoms. The fourth-order valence-corrected chi connectivity index (χ4v) is 5.93. The molecule has 1 N–H and O–H groups in total. The van der Waals surface area contributed by atoms with Gasteiger partial charge in [-0.05, 0) is 25.0 Å². The average molecular weight is 370 g/mol. The number of anilines is 1. The van der Waals surface area contributed by atoms with E-state index in [1.165, 1.54) is 39.3 Å². The average Bonchev–Trinajstić information content (AvgIpc) is 3.19. The zero-order valence-corrected chi connectivity index (χ0v) is 14.7. The van der Waals surface area contributed by atoms with Crippen LogP contribution in [0.15, 0.2) is 46.3 Å². The fraction of sp³-hybridized carbons (Fsp3) is 0.357. The van der Waals surface area contributed by atoms with Crippen LogP contribution >= 0.6 is 0 Å². The first kappa shape index (κ1) is 16.9. The Morgan fingerprint density at radius 1 is 1.00 bits per heavy atom. The van der Waals surface area contributed by atoms with E-state index in [-0.39, 0.29) is 15.6 Å². The largest absolute Gasteiger partial charge is 0.274 e. The van der Waals surface area contributed by atoms with Crippen molar-refractivity contribution in [3.05, 3.63) is 36.5 Å². The van der Waals surface area contributed by atoms with Gasteiger partial charge in [0.05, 0.1) is 0 Å². The summed E-state index contributed by atoms with van der Waals surface area (Å²) in [6.07, 6.45) is 3.14. The molecule has 0 spiro atoms. The third-order valence-electron chi connectivity index (χ3n) is 3.77. The monoisotopic (exact) mass is 370 g/mol. The Labute approximate surface area is 141 Å². The maximum atomic E-state index is 12.8. The number of aromatic nitrogens is 2. The van der Waals surface area contributed by atoms with Crippen molar-refractivity contribution in [3.63, 3.8) is 0 Å². The lowest BCUT2D eigenvalue weighted by Crippen LogP contribution is -2.29. The third-order valence-corrected chi connectivity index (χ3v) is 7.27. The van der Waals surface area contributed by atoms with Crippen LogP contribution in [0.3, 0.4) is 0 Å². The minimum Gasteiger partial charge on any atom is -0.274 e. The molecule has 0 unspecified atom stereocenters. The van der Waals surface area contributed by atoms with Crippen molar-refractivity contribution in [2.45, 2.75) is 22.6 Å². The second-order valence-corrected chi connectivity index (χ2v) is 9.10. The highest BCUT2D eigenvalue weighted by Gasteiger charge is 2.32. The molecule has 2 heterocycles. The first-order chi connectivity index (χ1) is 11.3. The van der Waals surface area contributed by atoms with Crippen LogP contribution in [0.4, 0.5) is 5.82 Å². The van der Waals surface area contributed by atoms with Crippen molar-refractivity contribution >= 4 is 25.9 Å². The predicted octanol–water partition coefficient (Wildman–Crippen LogP) is 1.01. The first-order valence-corrected chi connectivity index (χ1v) is 10.3. The van der Waals surface area contributed by atoms with E-state index in [0.29, 0.717) is 13.1 Å². The van der Waals surface area contributed by atoms with Gasteiger partial charge in [-0.3, -0.25) is 9.40 Å². The topological polar surface area (TPSA) is 101 Å². The van der Waals surface area contributed by atoms with Gasteiger partial charge < -0.3 is 0 Å². The number of nitrogens with one attached hydrogen (secondary N) is 1. The summed E-state index contributed by atoms with van der Waals surface area (Å²) in [6, 6.07) is 7.11. The molecule has 3 rings (SSSR count). The highest BCUT2D eigenvalue weighted by Crippen LogP contribution is 2.27. The van der Waals surface area contributed by atoms with Crippen molar-refractivity contribution in [2.24, 2.45) is 7.05 Å². The molecule has 0 radical (unpaired) electrons. The van der Waals surface area contributed by atoms with Gasteiger partial charge in [0.15, 0.2) is 5.82 Å². The Morgan fingerprint density at radius 2 is 1.62 bits per heavy atom. The number of hydrogen-bond donors (Lipinski definition) is 1. The lowest BCUT2D eigenvalue weighted by Gasteiger charge is -2.18. The van der Waals surface area contributed by atoms with E-state index in [9.17, 15) is 16.8 Å². The summed E-state index contributed by atoms with van der Waals surface area (Å²) in [5, 5.41) is 3.96. The number of hydrogen-bond acceptors (Lipinski definition) is 5. The van der Waals surface area contributed by atoms with E-state index in [1.807, 2.05) is 0 Å². The van der Waals surface area contributed by atoms with E-state index in [0.717, 1.165) is 12.8 Å². The van der Waals surface area contributed by atoms with E-state index >= 15 is 0 Å². The van der Waals surface area contributed by atoms with Gasteiger partial charge in [-0.1, -0.05) is 12.1 Å². The van der Waals surface area contributed by atoms with Gasteiger partial charge in [0, 0.05) is 32.4 Å². The molecule has 1 fully saturated rings. The molecular formula is C14H18N4O4S2. The van der Waals surface area contributed by atoms with Crippen LogP contribution in [0.5, 0.6) is 0 Å². The van der Waals surface area contributed by atoms with Crippen LogP contribution in [-0.4, -0.2) is 44.0 Å². The van der Waals surface area contributed by atoms with Crippen molar-refractivity contribution in [3.8, 4) is 0 Å². The number of nitrogens with zero attached hydrogens (tertiary/aromatic N) is 3. The summed E-state index contributed by atoms with van der Waals surface area (Å²) in [6.45, 7) is 0.814. The number of sulfonamides is 2. The maximum Gasteiger partial charge on any atom is 0.264 e. The van der Waals surface area contributed by atoms with Crippen molar-refractivity contribution < 1.29 is 16.8 Å². The third kappa shape index (κ3) is 3.17. The summed E-state index contributed by atoms with van der Waals surface area (Å²) in [5.74, 6) is 0.130. The molecule has 0 aliphatic carbocycles. The minimum absolute atomic E-state index is 0.130. The molecule has 8 nitrogen and oxygen atoms in total. The van der Waals surface area contributed by atoms with E-state index in [2.05, 4.69) is 9.82 Å². The van der Waals surface area contributed by atoms with Crippen molar-refractivity contribution in [2.75, 3.05) is 17.8 Å². The van der Waals surface area contributed by atoms with Crippen molar-refractivity contribution in [1.29, 1.82) is 0 Å². The van der Waals surface area contributed by atoms with Crippen LogP contribution in [0.2, 0.25) is 0 Å². The van der Waals surface area contributed by atoms with Gasteiger partial charge in [-0.2, -0.15) is 9.40 Å². The summed E-state index contributed by atoms with van der Waals surface area (Å²) < 4.78 is 55.9. The molecule has 0 amide bonds. The molecule has 0 atom stereocenters. The van der Waals surface area contributed by atoms with Crippen LogP contribution in [0.25, 0.3) is 0 Å². The predicted molar refractivity (Wildman–Crippen MR) is 88.5 cm³/mol. The zero-order chi connectivity index (χ0) is 17.4. The number of rotatable bonds is 5. The second kappa shape index (κ2) is 6.19. The summed E-state index contributed by atoms with van der Waals surface area (Å²) >= 11 is 0. The molecule has 2 aromatic rings. The summed E-state index contributed by atoms with van der Waals surface area (Å²) in [7, 11) is -6.27. The Hall–Kier alpha value is -1.91. The zero-order valence-electron chi connectivity index (χ0n) is 13.1. The Kier molecular flexibility index (Phi) is 4.37. The van der Waals surface area contributed by atoms with E-state index in [1.54, 1.807) is 13.2 Å². The minimum atomic E-state index is -4.08. The van der Waals surface area contributed by atoms with Gasteiger partial charge in [0.1, 0.15) is 9.79 Å². The number of aryl methyl sites for hydroxylation is 1. The summed E-state index contributed by atoms with van der Waals surface area (Å²) in [4.78, 5) is -0.488. The first-order valence-electron chi connectivity index (χ1n) is 7.42. The van der Waals surface area contributed by atoms with Gasteiger partial charge in [-0.15, -0.1) is 0 Å². The summed E-state index contributed by atoms with van der Waals surface area (Å²) in [5.41, 5.74) is 0. The second-order valence-electron chi connectivity index (χ2n) is 5.54. The molecule has 10 heteroatoms. The smallest absolute Gasteiger partial charge is 0.264 e. The van der Waals surface area contributed by atoms with Crippen LogP contribution < -0.4 is 4.72 Å². The Balaban J connectivity index is 2.02. The van der Waals surface area contributed by atoms with Gasteiger partial charge >= 0.3 is 0 Å². The lowest BCUT2D eigenvalue weighted by molar-refractivity contribution is 0.475. The van der Waals surface area contributed by atoms with Crippen LogP contribution in [0, 0.1) is 0 Å². The van der Waals surface area contributed by atoms with E-state index < -0.39 is 20.0 Å². The molecule has 130 valence electrons.